The molecule has 1 aliphatic carbocycles. The molecule has 7 heteroatoms. The predicted molar refractivity (Wildman–Crippen MR) is 128 cm³/mol. The van der Waals surface area contributed by atoms with Crippen molar-refractivity contribution >= 4 is 17.5 Å². The second-order valence-corrected chi connectivity index (χ2v) is 8.71. The van der Waals surface area contributed by atoms with E-state index in [4.69, 9.17) is 0 Å². The Morgan fingerprint density at radius 1 is 0.939 bits per heavy atom. The van der Waals surface area contributed by atoms with Crippen LogP contribution in [0.3, 0.4) is 0 Å². The lowest BCUT2D eigenvalue weighted by Gasteiger charge is -2.36. The van der Waals surface area contributed by atoms with Crippen LogP contribution in [-0.2, 0) is 17.6 Å². The van der Waals surface area contributed by atoms with Gasteiger partial charge in [0.1, 0.15) is 0 Å². The van der Waals surface area contributed by atoms with E-state index in [1.54, 1.807) is 0 Å². The third kappa shape index (κ3) is 4.23. The first-order valence-electron chi connectivity index (χ1n) is 11.6. The van der Waals surface area contributed by atoms with Crippen LogP contribution in [0, 0.1) is 6.92 Å². The van der Waals surface area contributed by atoms with Gasteiger partial charge in [0, 0.05) is 43.1 Å². The molecule has 1 fully saturated rings. The molecule has 0 spiro atoms. The summed E-state index contributed by atoms with van der Waals surface area (Å²) in [5.41, 5.74) is 5.87. The second-order valence-electron chi connectivity index (χ2n) is 8.71. The maximum atomic E-state index is 13.0. The summed E-state index contributed by atoms with van der Waals surface area (Å²) < 4.78 is 1.91. The van der Waals surface area contributed by atoms with Gasteiger partial charge in [0.15, 0.2) is 5.69 Å². The standard InChI is InChI=1S/C26H29N5O2/c1-19-8-5-6-12-22(19)31-23-13-7-11-21(23)25(28-31)26(33)27-18-24(32)30-16-14-29(15-17-30)20-9-3-2-4-10-20/h2-6,8-10,12H,7,11,13-18H2,1H3,(H,27,33). The first-order chi connectivity index (χ1) is 16.1. The van der Waals surface area contributed by atoms with Crippen molar-refractivity contribution in [1.82, 2.24) is 20.0 Å². The van der Waals surface area contributed by atoms with Crippen LogP contribution in [0.15, 0.2) is 54.6 Å². The Kier molecular flexibility index (Phi) is 5.86. The number of amides is 2. The van der Waals surface area contributed by atoms with Gasteiger partial charge in [-0.05, 0) is 49.9 Å². The Morgan fingerprint density at radius 3 is 2.42 bits per heavy atom. The second kappa shape index (κ2) is 9.10. The van der Waals surface area contributed by atoms with Crippen molar-refractivity contribution in [3.05, 3.63) is 77.1 Å². The number of carbonyl (C=O) groups excluding carboxylic acids is 2. The van der Waals surface area contributed by atoms with Crippen LogP contribution < -0.4 is 10.2 Å². The molecule has 0 radical (unpaired) electrons. The van der Waals surface area contributed by atoms with Gasteiger partial charge in [0.2, 0.25) is 5.91 Å². The van der Waals surface area contributed by atoms with E-state index in [1.165, 1.54) is 5.69 Å². The predicted octanol–water partition coefficient (Wildman–Crippen LogP) is 2.75. The zero-order chi connectivity index (χ0) is 22.8. The highest BCUT2D eigenvalue weighted by Gasteiger charge is 2.28. The zero-order valence-corrected chi connectivity index (χ0v) is 19.0. The molecular formula is C26H29N5O2. The fourth-order valence-electron chi connectivity index (χ4n) is 4.82. The molecule has 7 nitrogen and oxygen atoms in total. The van der Waals surface area contributed by atoms with Gasteiger partial charge in [-0.2, -0.15) is 5.10 Å². The number of hydrogen-bond donors (Lipinski definition) is 1. The molecule has 1 N–H and O–H groups in total. The summed E-state index contributed by atoms with van der Waals surface area (Å²) in [6, 6.07) is 18.3. The Labute approximate surface area is 194 Å². The SMILES string of the molecule is Cc1ccccc1-n1nc(C(=O)NCC(=O)N2CCN(c3ccccc3)CC2)c2c1CCC2. The molecule has 2 aliphatic rings. The molecule has 2 heterocycles. The van der Waals surface area contributed by atoms with E-state index in [1.807, 2.05) is 59.0 Å². The number of anilines is 1. The first-order valence-corrected chi connectivity index (χ1v) is 11.6. The van der Waals surface area contributed by atoms with Crippen LogP contribution in [-0.4, -0.2) is 59.2 Å². The molecule has 0 unspecified atom stereocenters. The molecule has 3 aromatic rings. The number of rotatable bonds is 5. The number of piperazine rings is 1. The number of fused-ring (bicyclic) bond motifs is 1. The van der Waals surface area contributed by atoms with Gasteiger partial charge < -0.3 is 15.1 Å². The smallest absolute Gasteiger partial charge is 0.272 e. The van der Waals surface area contributed by atoms with Crippen molar-refractivity contribution < 1.29 is 9.59 Å². The van der Waals surface area contributed by atoms with E-state index in [0.717, 1.165) is 54.9 Å². The molecule has 1 aliphatic heterocycles. The van der Waals surface area contributed by atoms with E-state index < -0.39 is 0 Å². The molecule has 0 atom stereocenters. The summed E-state index contributed by atoms with van der Waals surface area (Å²) in [6.07, 6.45) is 2.78. The monoisotopic (exact) mass is 443 g/mol. The summed E-state index contributed by atoms with van der Waals surface area (Å²) in [6.45, 7) is 4.93. The molecular weight excluding hydrogens is 414 g/mol. The summed E-state index contributed by atoms with van der Waals surface area (Å²) in [4.78, 5) is 29.9. The first kappa shape index (κ1) is 21.2. The Hall–Kier alpha value is -3.61. The van der Waals surface area contributed by atoms with Gasteiger partial charge in [-0.15, -0.1) is 0 Å². The number of benzene rings is 2. The van der Waals surface area contributed by atoms with Gasteiger partial charge in [-0.1, -0.05) is 36.4 Å². The minimum atomic E-state index is -0.267. The molecule has 2 amide bonds. The lowest BCUT2D eigenvalue weighted by Crippen LogP contribution is -2.51. The molecule has 0 bridgehead atoms. The highest BCUT2D eigenvalue weighted by atomic mass is 16.2. The number of nitrogens with one attached hydrogen (secondary N) is 1. The number of aryl methyl sites for hydroxylation is 1. The number of aromatic nitrogens is 2. The van der Waals surface area contributed by atoms with Crippen LogP contribution >= 0.6 is 0 Å². The van der Waals surface area contributed by atoms with Crippen molar-refractivity contribution in [2.24, 2.45) is 0 Å². The summed E-state index contributed by atoms with van der Waals surface area (Å²) >= 11 is 0. The van der Waals surface area contributed by atoms with E-state index in [2.05, 4.69) is 27.4 Å². The zero-order valence-electron chi connectivity index (χ0n) is 19.0. The minimum Gasteiger partial charge on any atom is -0.368 e. The fourth-order valence-corrected chi connectivity index (χ4v) is 4.82. The molecule has 33 heavy (non-hydrogen) atoms. The Morgan fingerprint density at radius 2 is 1.67 bits per heavy atom. The van der Waals surface area contributed by atoms with Gasteiger partial charge in [0.05, 0.1) is 12.2 Å². The van der Waals surface area contributed by atoms with Crippen LogP contribution in [0.2, 0.25) is 0 Å². The Balaban J connectivity index is 1.22. The van der Waals surface area contributed by atoms with Crippen LogP contribution in [0.1, 0.15) is 33.7 Å². The van der Waals surface area contributed by atoms with Crippen molar-refractivity contribution in [2.75, 3.05) is 37.6 Å². The molecule has 1 aromatic heterocycles. The molecule has 2 aromatic carbocycles. The quantitative estimate of drug-likeness (QED) is 0.658. The van der Waals surface area contributed by atoms with E-state index >= 15 is 0 Å². The lowest BCUT2D eigenvalue weighted by molar-refractivity contribution is -0.130. The van der Waals surface area contributed by atoms with Gasteiger partial charge in [-0.25, -0.2) is 4.68 Å². The highest BCUT2D eigenvalue weighted by molar-refractivity contribution is 5.96. The van der Waals surface area contributed by atoms with Crippen molar-refractivity contribution in [3.63, 3.8) is 0 Å². The van der Waals surface area contributed by atoms with Gasteiger partial charge in [-0.3, -0.25) is 9.59 Å². The molecule has 0 saturated carbocycles. The molecule has 170 valence electrons. The van der Waals surface area contributed by atoms with Gasteiger partial charge >= 0.3 is 0 Å². The number of para-hydroxylation sites is 2. The third-order valence-electron chi connectivity index (χ3n) is 6.64. The summed E-state index contributed by atoms with van der Waals surface area (Å²) in [7, 11) is 0. The maximum absolute atomic E-state index is 13.0. The Bertz CT molecular complexity index is 1160. The fraction of sp³-hybridized carbons (Fsp3) is 0.346. The van der Waals surface area contributed by atoms with Crippen LogP contribution in [0.25, 0.3) is 5.69 Å². The highest BCUT2D eigenvalue weighted by Crippen LogP contribution is 2.28. The molecule has 5 rings (SSSR count). The van der Waals surface area contributed by atoms with E-state index in [0.29, 0.717) is 18.8 Å². The van der Waals surface area contributed by atoms with Crippen LogP contribution in [0.5, 0.6) is 0 Å². The average Bonchev–Trinajstić information content (AvgIpc) is 3.47. The maximum Gasteiger partial charge on any atom is 0.272 e. The number of carbonyl (C=O) groups is 2. The van der Waals surface area contributed by atoms with Crippen molar-refractivity contribution in [1.29, 1.82) is 0 Å². The largest absolute Gasteiger partial charge is 0.368 e. The van der Waals surface area contributed by atoms with Crippen molar-refractivity contribution in [2.45, 2.75) is 26.2 Å². The number of hydrogen-bond acceptors (Lipinski definition) is 4. The van der Waals surface area contributed by atoms with E-state index in [-0.39, 0.29) is 18.4 Å². The lowest BCUT2D eigenvalue weighted by atomic mass is 10.2. The summed E-state index contributed by atoms with van der Waals surface area (Å²) in [5, 5.41) is 7.50. The topological polar surface area (TPSA) is 70.5 Å². The van der Waals surface area contributed by atoms with Crippen LogP contribution in [0.4, 0.5) is 5.69 Å². The van der Waals surface area contributed by atoms with Crippen molar-refractivity contribution in [3.8, 4) is 5.69 Å². The summed E-state index contributed by atoms with van der Waals surface area (Å²) in [5.74, 6) is -0.317. The minimum absolute atomic E-state index is 0.00380. The average molecular weight is 444 g/mol. The third-order valence-corrected chi connectivity index (χ3v) is 6.64. The van der Waals surface area contributed by atoms with E-state index in [9.17, 15) is 9.59 Å². The molecule has 1 saturated heterocycles. The van der Waals surface area contributed by atoms with Gasteiger partial charge in [0.25, 0.3) is 5.91 Å². The normalized spacial score (nSPS) is 15.4. The number of nitrogens with zero attached hydrogens (tertiary/aromatic N) is 4.